The second-order valence-electron chi connectivity index (χ2n) is 9.23. The third-order valence-corrected chi connectivity index (χ3v) is 7.30. The van der Waals surface area contributed by atoms with Crippen molar-refractivity contribution in [2.24, 2.45) is 0 Å². The molecule has 5 rings (SSSR count). The van der Waals surface area contributed by atoms with Crippen molar-refractivity contribution in [1.29, 1.82) is 0 Å². The number of pyridine rings is 1. The van der Waals surface area contributed by atoms with E-state index in [0.29, 0.717) is 29.6 Å². The SMILES string of the molecule is COc1ccc(N2CCN(C(=O)C[C@H](c3cc(OC)cc(OC)c3)c3cnc4ccc(Cl)cn34)CC2)cc1. The number of rotatable bonds is 8. The van der Waals surface area contributed by atoms with Crippen LogP contribution in [0.15, 0.2) is 67.0 Å². The van der Waals surface area contributed by atoms with Crippen molar-refractivity contribution in [3.05, 3.63) is 83.3 Å². The van der Waals surface area contributed by atoms with E-state index in [1.54, 1.807) is 21.3 Å². The predicted molar refractivity (Wildman–Crippen MR) is 148 cm³/mol. The van der Waals surface area contributed by atoms with Crippen LogP contribution in [0.1, 0.15) is 23.6 Å². The largest absolute Gasteiger partial charge is 0.497 e. The molecule has 4 aromatic rings. The molecule has 2 aromatic heterocycles. The number of ether oxygens (including phenoxy) is 3. The summed E-state index contributed by atoms with van der Waals surface area (Å²) in [4.78, 5) is 22.5. The topological polar surface area (TPSA) is 68.5 Å². The Morgan fingerprint density at radius 3 is 2.18 bits per heavy atom. The number of fused-ring (bicyclic) bond motifs is 1. The Morgan fingerprint density at radius 2 is 1.55 bits per heavy atom. The standard InChI is InChI=1S/C29H31ClN4O4/c1-36-23-7-5-22(6-8-23)32-10-12-33(13-11-32)29(35)17-26(20-14-24(37-2)16-25(15-20)38-3)27-18-31-28-9-4-21(30)19-34(27)28/h4-9,14-16,18-19,26H,10-13,17H2,1-3H3/t26-/m1/s1. The van der Waals surface area contributed by atoms with Gasteiger partial charge in [0.25, 0.3) is 0 Å². The first-order chi connectivity index (χ1) is 18.5. The summed E-state index contributed by atoms with van der Waals surface area (Å²) in [6, 6.07) is 17.4. The second kappa shape index (κ2) is 11.2. The smallest absolute Gasteiger partial charge is 0.223 e. The minimum atomic E-state index is -0.278. The molecule has 1 saturated heterocycles. The Hall–Kier alpha value is -3.91. The number of imidazole rings is 1. The van der Waals surface area contributed by atoms with E-state index in [1.165, 1.54) is 0 Å². The molecule has 0 aliphatic carbocycles. The maximum absolute atomic E-state index is 13.7. The Morgan fingerprint density at radius 1 is 0.895 bits per heavy atom. The van der Waals surface area contributed by atoms with E-state index in [-0.39, 0.29) is 18.2 Å². The zero-order valence-electron chi connectivity index (χ0n) is 21.8. The van der Waals surface area contributed by atoms with E-state index in [9.17, 15) is 4.79 Å². The Kier molecular flexibility index (Phi) is 7.60. The van der Waals surface area contributed by atoms with E-state index in [0.717, 1.165) is 41.4 Å². The predicted octanol–water partition coefficient (Wildman–Crippen LogP) is 4.88. The lowest BCUT2D eigenvalue weighted by Gasteiger charge is -2.36. The molecule has 1 atom stereocenters. The van der Waals surface area contributed by atoms with E-state index in [1.807, 2.05) is 64.2 Å². The lowest BCUT2D eigenvalue weighted by molar-refractivity contribution is -0.131. The van der Waals surface area contributed by atoms with Gasteiger partial charge in [-0.3, -0.25) is 4.79 Å². The fraction of sp³-hybridized carbons (Fsp3) is 0.310. The van der Waals surface area contributed by atoms with Gasteiger partial charge in [-0.05, 0) is 54.1 Å². The van der Waals surface area contributed by atoms with Crippen LogP contribution in [-0.4, -0.2) is 67.7 Å². The summed E-state index contributed by atoms with van der Waals surface area (Å²) in [5.41, 5.74) is 3.68. The van der Waals surface area contributed by atoms with Gasteiger partial charge in [0, 0.05) is 62.7 Å². The number of halogens is 1. The Labute approximate surface area is 227 Å². The van der Waals surface area contributed by atoms with Crippen molar-refractivity contribution in [3.63, 3.8) is 0 Å². The van der Waals surface area contributed by atoms with Gasteiger partial charge in [-0.1, -0.05) is 11.6 Å². The lowest BCUT2D eigenvalue weighted by atomic mass is 9.91. The number of carbonyl (C=O) groups excluding carboxylic acids is 1. The maximum Gasteiger partial charge on any atom is 0.223 e. The van der Waals surface area contributed by atoms with E-state index >= 15 is 0 Å². The first-order valence-corrected chi connectivity index (χ1v) is 12.9. The third-order valence-electron chi connectivity index (χ3n) is 7.08. The molecular weight excluding hydrogens is 504 g/mol. The molecule has 0 N–H and O–H groups in total. The Bertz CT molecular complexity index is 1390. The highest BCUT2D eigenvalue weighted by Gasteiger charge is 2.28. The Balaban J connectivity index is 1.40. The van der Waals surface area contributed by atoms with Crippen molar-refractivity contribution in [3.8, 4) is 17.2 Å². The average Bonchev–Trinajstić information content (AvgIpc) is 3.38. The van der Waals surface area contributed by atoms with Crippen LogP contribution in [0, 0.1) is 0 Å². The number of aromatic nitrogens is 2. The number of benzene rings is 2. The molecule has 0 saturated carbocycles. The van der Waals surface area contributed by atoms with Crippen LogP contribution in [0.4, 0.5) is 5.69 Å². The quantitative estimate of drug-likeness (QED) is 0.321. The van der Waals surface area contributed by atoms with Crippen LogP contribution in [-0.2, 0) is 4.79 Å². The third kappa shape index (κ3) is 5.36. The molecule has 0 unspecified atom stereocenters. The van der Waals surface area contributed by atoms with Gasteiger partial charge in [0.15, 0.2) is 0 Å². The second-order valence-corrected chi connectivity index (χ2v) is 9.66. The lowest BCUT2D eigenvalue weighted by Crippen LogP contribution is -2.49. The van der Waals surface area contributed by atoms with Gasteiger partial charge < -0.3 is 28.4 Å². The molecule has 2 aromatic carbocycles. The molecule has 3 heterocycles. The van der Waals surface area contributed by atoms with Gasteiger partial charge in [-0.15, -0.1) is 0 Å². The zero-order chi connectivity index (χ0) is 26.6. The molecule has 9 heteroatoms. The van der Waals surface area contributed by atoms with E-state index < -0.39 is 0 Å². The van der Waals surface area contributed by atoms with Crippen molar-refractivity contribution in [2.75, 3.05) is 52.4 Å². The first kappa shape index (κ1) is 25.7. The molecule has 8 nitrogen and oxygen atoms in total. The summed E-state index contributed by atoms with van der Waals surface area (Å²) in [5, 5.41) is 0.597. The number of hydrogen-bond donors (Lipinski definition) is 0. The fourth-order valence-corrected chi connectivity index (χ4v) is 5.13. The van der Waals surface area contributed by atoms with Crippen LogP contribution in [0.3, 0.4) is 0 Å². The molecule has 198 valence electrons. The summed E-state index contributed by atoms with van der Waals surface area (Å²) >= 11 is 6.33. The number of hydrogen-bond acceptors (Lipinski definition) is 6. The summed E-state index contributed by atoms with van der Waals surface area (Å²) < 4.78 is 18.3. The summed E-state index contributed by atoms with van der Waals surface area (Å²) in [5.74, 6) is 1.97. The fourth-order valence-electron chi connectivity index (χ4n) is 4.97. The monoisotopic (exact) mass is 534 g/mol. The molecule has 1 aliphatic rings. The highest BCUT2D eigenvalue weighted by atomic mass is 35.5. The first-order valence-electron chi connectivity index (χ1n) is 12.5. The van der Waals surface area contributed by atoms with Gasteiger partial charge in [-0.2, -0.15) is 0 Å². The van der Waals surface area contributed by atoms with E-state index in [4.69, 9.17) is 25.8 Å². The number of methoxy groups -OCH3 is 3. The number of amides is 1. The maximum atomic E-state index is 13.7. The van der Waals surface area contributed by atoms with Gasteiger partial charge in [0.1, 0.15) is 22.9 Å². The zero-order valence-corrected chi connectivity index (χ0v) is 22.5. The minimum absolute atomic E-state index is 0.0862. The van der Waals surface area contributed by atoms with Crippen LogP contribution < -0.4 is 19.1 Å². The van der Waals surface area contributed by atoms with Crippen molar-refractivity contribution in [1.82, 2.24) is 14.3 Å². The molecular formula is C29H31ClN4O4. The van der Waals surface area contributed by atoms with Crippen LogP contribution >= 0.6 is 11.6 Å². The summed E-state index contributed by atoms with van der Waals surface area (Å²) in [7, 11) is 4.90. The highest BCUT2D eigenvalue weighted by Crippen LogP contribution is 2.35. The molecule has 0 spiro atoms. The average molecular weight is 535 g/mol. The molecule has 38 heavy (non-hydrogen) atoms. The van der Waals surface area contributed by atoms with Gasteiger partial charge >= 0.3 is 0 Å². The summed E-state index contributed by atoms with van der Waals surface area (Å²) in [6.07, 6.45) is 3.93. The molecule has 0 bridgehead atoms. The van der Waals surface area contributed by atoms with Crippen molar-refractivity contribution < 1.29 is 19.0 Å². The number of nitrogens with zero attached hydrogens (tertiary/aromatic N) is 4. The molecule has 1 fully saturated rings. The van der Waals surface area contributed by atoms with Crippen LogP contribution in [0.2, 0.25) is 5.02 Å². The van der Waals surface area contributed by atoms with Gasteiger partial charge in [0.2, 0.25) is 5.91 Å². The molecule has 0 radical (unpaired) electrons. The molecule has 1 amide bonds. The van der Waals surface area contributed by atoms with Crippen LogP contribution in [0.25, 0.3) is 5.65 Å². The van der Waals surface area contributed by atoms with Crippen molar-refractivity contribution >= 4 is 28.8 Å². The molecule has 1 aliphatic heterocycles. The van der Waals surface area contributed by atoms with Crippen molar-refractivity contribution in [2.45, 2.75) is 12.3 Å². The highest BCUT2D eigenvalue weighted by molar-refractivity contribution is 6.30. The van der Waals surface area contributed by atoms with Gasteiger partial charge in [-0.25, -0.2) is 4.98 Å². The van der Waals surface area contributed by atoms with E-state index in [2.05, 4.69) is 22.0 Å². The van der Waals surface area contributed by atoms with Crippen LogP contribution in [0.5, 0.6) is 17.2 Å². The minimum Gasteiger partial charge on any atom is -0.497 e. The number of anilines is 1. The normalized spacial score (nSPS) is 14.4. The van der Waals surface area contributed by atoms with Gasteiger partial charge in [0.05, 0.1) is 32.0 Å². The number of carbonyl (C=O) groups is 1. The summed E-state index contributed by atoms with van der Waals surface area (Å²) in [6.45, 7) is 2.83. The number of piperazine rings is 1.